The van der Waals surface area contributed by atoms with E-state index in [1.165, 1.54) is 18.4 Å². The van der Waals surface area contributed by atoms with Crippen molar-refractivity contribution in [3.63, 3.8) is 0 Å². The van der Waals surface area contributed by atoms with Gasteiger partial charge >= 0.3 is 0 Å². The molecule has 4 heteroatoms. The predicted molar refractivity (Wildman–Crippen MR) is 99.8 cm³/mol. The molecule has 1 fully saturated rings. The topological polar surface area (TPSA) is 37.6 Å². The number of hydrogen-bond donors (Lipinski definition) is 0. The van der Waals surface area contributed by atoms with Gasteiger partial charge in [-0.05, 0) is 49.9 Å². The van der Waals surface area contributed by atoms with Crippen molar-refractivity contribution in [2.24, 2.45) is 0 Å². The monoisotopic (exact) mass is 333 g/mol. The Morgan fingerprint density at radius 3 is 2.84 bits per heavy atom. The van der Waals surface area contributed by atoms with Crippen molar-refractivity contribution in [2.45, 2.75) is 38.8 Å². The van der Waals surface area contributed by atoms with Gasteiger partial charge in [0.05, 0.1) is 5.69 Å². The largest absolute Gasteiger partial charge is 0.294 e. The fourth-order valence-corrected chi connectivity index (χ4v) is 3.82. The van der Waals surface area contributed by atoms with Crippen LogP contribution in [-0.2, 0) is 13.0 Å². The van der Waals surface area contributed by atoms with Gasteiger partial charge in [0, 0.05) is 24.8 Å². The number of aryl methyl sites for hydroxylation is 1. The van der Waals surface area contributed by atoms with Crippen molar-refractivity contribution < 1.29 is 0 Å². The van der Waals surface area contributed by atoms with Gasteiger partial charge in [0.1, 0.15) is 5.65 Å². The Hall–Kier alpha value is -2.46. The number of nitrogens with zero attached hydrogens (tertiary/aromatic N) is 3. The Kier molecular flexibility index (Phi) is 4.36. The third-order valence-corrected chi connectivity index (χ3v) is 5.12. The molecule has 0 amide bonds. The maximum Gasteiger partial charge on any atom is 0.258 e. The quantitative estimate of drug-likeness (QED) is 0.736. The second-order valence-electron chi connectivity index (χ2n) is 6.93. The molecular weight excluding hydrogens is 310 g/mol. The smallest absolute Gasteiger partial charge is 0.258 e. The summed E-state index contributed by atoms with van der Waals surface area (Å²) in [5.74, 6) is 0. The summed E-state index contributed by atoms with van der Waals surface area (Å²) < 4.78 is 1.63. The molecule has 0 unspecified atom stereocenters. The molecule has 0 saturated carbocycles. The average molecular weight is 333 g/mol. The predicted octanol–water partition coefficient (Wildman–Crippen LogP) is 3.21. The molecule has 4 nitrogen and oxygen atoms in total. The molecule has 3 aromatic rings. The minimum absolute atomic E-state index is 0.00232. The normalized spacial score (nSPS) is 18.0. The second kappa shape index (κ2) is 6.81. The van der Waals surface area contributed by atoms with E-state index in [1.807, 2.05) is 19.1 Å². The Labute approximate surface area is 147 Å². The molecule has 1 aliphatic heterocycles. The van der Waals surface area contributed by atoms with Gasteiger partial charge in [-0.2, -0.15) is 0 Å². The lowest BCUT2D eigenvalue weighted by molar-refractivity contribution is 0.241. The van der Waals surface area contributed by atoms with Crippen molar-refractivity contribution in [2.75, 3.05) is 6.54 Å². The van der Waals surface area contributed by atoms with Crippen molar-refractivity contribution in [3.8, 4) is 0 Å². The van der Waals surface area contributed by atoms with Crippen molar-refractivity contribution in [1.29, 1.82) is 0 Å². The summed E-state index contributed by atoms with van der Waals surface area (Å²) in [4.78, 5) is 19.6. The molecule has 0 radical (unpaired) electrons. The van der Waals surface area contributed by atoms with Gasteiger partial charge in [0.25, 0.3) is 5.56 Å². The molecule has 1 aliphatic rings. The van der Waals surface area contributed by atoms with Gasteiger partial charge in [-0.15, -0.1) is 0 Å². The standard InChI is InChI=1S/C21H23N3O/c1-16-7-5-12-24-20(25)14-18(22-21(16)24)15-23-11-6-10-19(23)13-17-8-3-2-4-9-17/h2-5,7-9,12,14,19H,6,10-11,13,15H2,1H3/t19-/m0/s1. The van der Waals surface area contributed by atoms with Crippen LogP contribution in [0.2, 0.25) is 0 Å². The first-order valence-electron chi connectivity index (χ1n) is 8.96. The summed E-state index contributed by atoms with van der Waals surface area (Å²) in [5.41, 5.74) is 4.05. The number of pyridine rings is 1. The third-order valence-electron chi connectivity index (χ3n) is 5.12. The van der Waals surface area contributed by atoms with Gasteiger partial charge in [-0.1, -0.05) is 36.4 Å². The lowest BCUT2D eigenvalue weighted by atomic mass is 10.0. The molecule has 128 valence electrons. The van der Waals surface area contributed by atoms with Crippen LogP contribution in [-0.4, -0.2) is 26.9 Å². The van der Waals surface area contributed by atoms with E-state index in [4.69, 9.17) is 4.98 Å². The highest BCUT2D eigenvalue weighted by Gasteiger charge is 2.25. The zero-order chi connectivity index (χ0) is 17.2. The van der Waals surface area contributed by atoms with Crippen molar-refractivity contribution in [1.82, 2.24) is 14.3 Å². The molecule has 25 heavy (non-hydrogen) atoms. The molecule has 4 rings (SSSR count). The molecular formula is C21H23N3O. The van der Waals surface area contributed by atoms with Crippen LogP contribution in [0.15, 0.2) is 59.5 Å². The zero-order valence-corrected chi connectivity index (χ0v) is 14.6. The van der Waals surface area contributed by atoms with Crippen LogP contribution >= 0.6 is 0 Å². The van der Waals surface area contributed by atoms with E-state index in [0.717, 1.165) is 36.4 Å². The number of hydrogen-bond acceptors (Lipinski definition) is 3. The van der Waals surface area contributed by atoms with E-state index in [9.17, 15) is 4.79 Å². The minimum Gasteiger partial charge on any atom is -0.294 e. The second-order valence-corrected chi connectivity index (χ2v) is 6.93. The van der Waals surface area contributed by atoms with Crippen LogP contribution in [0.1, 0.15) is 29.7 Å². The number of aromatic nitrogens is 2. The van der Waals surface area contributed by atoms with E-state index in [0.29, 0.717) is 6.04 Å². The first-order valence-corrected chi connectivity index (χ1v) is 8.96. The zero-order valence-electron chi connectivity index (χ0n) is 14.6. The van der Waals surface area contributed by atoms with Crippen molar-refractivity contribution in [3.05, 3.63) is 81.9 Å². The Balaban J connectivity index is 1.58. The van der Waals surface area contributed by atoms with Crippen LogP contribution < -0.4 is 5.56 Å². The number of likely N-dealkylation sites (tertiary alicyclic amines) is 1. The summed E-state index contributed by atoms with van der Waals surface area (Å²) in [5, 5.41) is 0. The van der Waals surface area contributed by atoms with E-state index in [-0.39, 0.29) is 5.56 Å². The van der Waals surface area contributed by atoms with Crippen LogP contribution in [0.25, 0.3) is 5.65 Å². The van der Waals surface area contributed by atoms with E-state index >= 15 is 0 Å². The average Bonchev–Trinajstić information content (AvgIpc) is 3.04. The van der Waals surface area contributed by atoms with E-state index < -0.39 is 0 Å². The van der Waals surface area contributed by atoms with Gasteiger partial charge in [-0.3, -0.25) is 14.1 Å². The van der Waals surface area contributed by atoms with Gasteiger partial charge in [0.15, 0.2) is 0 Å². The molecule has 0 aliphatic carbocycles. The van der Waals surface area contributed by atoms with Crippen LogP contribution in [0.4, 0.5) is 0 Å². The van der Waals surface area contributed by atoms with Crippen LogP contribution in [0.5, 0.6) is 0 Å². The lowest BCUT2D eigenvalue weighted by Gasteiger charge is -2.24. The first-order chi connectivity index (χ1) is 12.2. The molecule has 2 aromatic heterocycles. The van der Waals surface area contributed by atoms with E-state index in [1.54, 1.807) is 16.7 Å². The number of fused-ring (bicyclic) bond motifs is 1. The fourth-order valence-electron chi connectivity index (χ4n) is 3.82. The molecule has 1 atom stereocenters. The number of benzene rings is 1. The summed E-state index contributed by atoms with van der Waals surface area (Å²) in [6.07, 6.45) is 5.27. The van der Waals surface area contributed by atoms with Crippen LogP contribution in [0, 0.1) is 6.92 Å². The van der Waals surface area contributed by atoms with Gasteiger partial charge in [0.2, 0.25) is 0 Å². The maximum atomic E-state index is 12.4. The Bertz CT molecular complexity index is 933. The van der Waals surface area contributed by atoms with Gasteiger partial charge < -0.3 is 0 Å². The highest BCUT2D eigenvalue weighted by Crippen LogP contribution is 2.23. The fraction of sp³-hybridized carbons (Fsp3) is 0.333. The van der Waals surface area contributed by atoms with Crippen molar-refractivity contribution >= 4 is 5.65 Å². The summed E-state index contributed by atoms with van der Waals surface area (Å²) >= 11 is 0. The summed E-state index contributed by atoms with van der Waals surface area (Å²) in [7, 11) is 0. The first kappa shape index (κ1) is 16.0. The molecule has 0 spiro atoms. The summed E-state index contributed by atoms with van der Waals surface area (Å²) in [6.45, 7) is 3.82. The van der Waals surface area contributed by atoms with Gasteiger partial charge in [-0.25, -0.2) is 4.98 Å². The summed E-state index contributed by atoms with van der Waals surface area (Å²) in [6, 6.07) is 16.8. The highest BCUT2D eigenvalue weighted by molar-refractivity contribution is 5.46. The highest BCUT2D eigenvalue weighted by atomic mass is 16.1. The minimum atomic E-state index is 0.00232. The third kappa shape index (κ3) is 3.35. The molecule has 1 aromatic carbocycles. The maximum absolute atomic E-state index is 12.4. The van der Waals surface area contributed by atoms with Crippen LogP contribution in [0.3, 0.4) is 0 Å². The number of rotatable bonds is 4. The lowest BCUT2D eigenvalue weighted by Crippen LogP contribution is -2.31. The SMILES string of the molecule is Cc1cccn2c(=O)cc(CN3CCC[C@H]3Cc3ccccc3)nc12. The Morgan fingerprint density at radius 2 is 2.00 bits per heavy atom. The molecule has 0 N–H and O–H groups in total. The Morgan fingerprint density at radius 1 is 1.16 bits per heavy atom. The molecule has 1 saturated heterocycles. The van der Waals surface area contributed by atoms with E-state index in [2.05, 4.69) is 35.2 Å². The molecule has 0 bridgehead atoms. The molecule has 3 heterocycles.